The monoisotopic (exact) mass is 836 g/mol. The fourth-order valence-electron chi connectivity index (χ4n) is 8.52. The minimum atomic E-state index is -0.672. The van der Waals surface area contributed by atoms with E-state index in [-0.39, 0.29) is 18.5 Å². The van der Waals surface area contributed by atoms with Crippen molar-refractivity contribution in [3.8, 4) is 0 Å². The van der Waals surface area contributed by atoms with E-state index in [9.17, 15) is 19.8 Å². The number of esters is 1. The summed E-state index contributed by atoms with van der Waals surface area (Å²) >= 11 is 0. The highest BCUT2D eigenvalue weighted by atomic mass is 16.5. The number of carbonyl (C=O) groups is 2. The molecule has 0 aromatic heterocycles. The molecule has 59 heavy (non-hydrogen) atoms. The van der Waals surface area contributed by atoms with Crippen molar-refractivity contribution in [1.82, 2.24) is 5.32 Å². The molecule has 0 radical (unpaired) electrons. The normalized spacial score (nSPS) is 12.5. The first kappa shape index (κ1) is 57.9. The van der Waals surface area contributed by atoms with Crippen LogP contribution in [0.2, 0.25) is 0 Å². The lowest BCUT2D eigenvalue weighted by atomic mass is 10.0. The van der Waals surface area contributed by atoms with E-state index in [2.05, 4.69) is 19.2 Å². The molecule has 352 valence electrons. The smallest absolute Gasteiger partial charge is 0.305 e. The van der Waals surface area contributed by atoms with Gasteiger partial charge in [-0.15, -0.1) is 0 Å². The third kappa shape index (κ3) is 46.2. The van der Waals surface area contributed by atoms with Gasteiger partial charge in [0, 0.05) is 12.8 Å². The Hall–Kier alpha value is -1.14. The van der Waals surface area contributed by atoms with Gasteiger partial charge in [-0.25, -0.2) is 0 Å². The number of aliphatic hydroxyl groups is 2. The van der Waals surface area contributed by atoms with Crippen molar-refractivity contribution >= 4 is 11.9 Å². The lowest BCUT2D eigenvalue weighted by Crippen LogP contribution is -2.45. The van der Waals surface area contributed by atoms with Crippen molar-refractivity contribution in [2.24, 2.45) is 0 Å². The van der Waals surface area contributed by atoms with Gasteiger partial charge < -0.3 is 20.3 Å². The molecule has 0 aromatic carbocycles. The Morgan fingerprint density at radius 2 is 0.695 bits per heavy atom. The Bertz CT molecular complexity index is 837. The maximum absolute atomic E-state index is 12.4. The number of amides is 1. The molecule has 0 saturated heterocycles. The summed E-state index contributed by atoms with van der Waals surface area (Å²) in [5, 5.41) is 23.2. The minimum Gasteiger partial charge on any atom is -0.466 e. The van der Waals surface area contributed by atoms with E-state index in [1.54, 1.807) is 0 Å². The Morgan fingerprint density at radius 3 is 1.03 bits per heavy atom. The van der Waals surface area contributed by atoms with Crippen LogP contribution in [0.3, 0.4) is 0 Å². The van der Waals surface area contributed by atoms with Gasteiger partial charge in [0.15, 0.2) is 0 Å². The molecule has 0 heterocycles. The molecule has 0 rings (SSSR count). The van der Waals surface area contributed by atoms with Gasteiger partial charge in [0.25, 0.3) is 0 Å². The van der Waals surface area contributed by atoms with Crippen LogP contribution < -0.4 is 5.32 Å². The van der Waals surface area contributed by atoms with E-state index in [0.717, 1.165) is 57.8 Å². The number of hydrogen-bond acceptors (Lipinski definition) is 5. The highest BCUT2D eigenvalue weighted by molar-refractivity contribution is 5.76. The van der Waals surface area contributed by atoms with Gasteiger partial charge in [-0.1, -0.05) is 264 Å². The zero-order chi connectivity index (χ0) is 43.0. The number of nitrogens with one attached hydrogen (secondary N) is 1. The van der Waals surface area contributed by atoms with Crippen molar-refractivity contribution in [2.45, 2.75) is 315 Å². The number of hydrogen-bond donors (Lipinski definition) is 3. The second-order valence-electron chi connectivity index (χ2n) is 18.6. The summed E-state index contributed by atoms with van der Waals surface area (Å²) in [5.41, 5.74) is 0. The van der Waals surface area contributed by atoms with E-state index in [4.69, 9.17) is 4.74 Å². The van der Waals surface area contributed by atoms with Crippen LogP contribution >= 0.6 is 0 Å². The zero-order valence-corrected chi connectivity index (χ0v) is 40.0. The highest BCUT2D eigenvalue weighted by Gasteiger charge is 2.20. The molecule has 0 aliphatic heterocycles. The topological polar surface area (TPSA) is 95.9 Å². The van der Waals surface area contributed by atoms with Gasteiger partial charge in [-0.2, -0.15) is 0 Å². The molecular formula is C53H105NO5. The van der Waals surface area contributed by atoms with Crippen LogP contribution in [0.15, 0.2) is 0 Å². The summed E-state index contributed by atoms with van der Waals surface area (Å²) in [6, 6.07) is -0.551. The van der Waals surface area contributed by atoms with E-state index in [1.807, 2.05) is 0 Å². The van der Waals surface area contributed by atoms with Crippen LogP contribution in [-0.4, -0.2) is 47.4 Å². The van der Waals surface area contributed by atoms with Gasteiger partial charge in [-0.05, 0) is 25.7 Å². The van der Waals surface area contributed by atoms with E-state index in [1.165, 1.54) is 212 Å². The molecule has 0 aliphatic carbocycles. The van der Waals surface area contributed by atoms with Crippen LogP contribution in [0, 0.1) is 0 Å². The average molecular weight is 836 g/mol. The molecule has 2 atom stereocenters. The standard InChI is InChI=1S/C53H105NO5/c1-3-5-7-9-11-13-15-17-19-20-22-27-31-35-39-43-47-53(58)59-48-44-40-36-32-28-24-23-26-30-34-38-42-46-52(57)54-50(49-55)51(56)45-41-37-33-29-25-21-18-16-14-12-10-8-6-4-2/h50-51,55-56H,3-49H2,1-2H3,(H,54,57). The summed E-state index contributed by atoms with van der Waals surface area (Å²) in [6.07, 6.45) is 55.0. The molecule has 0 spiro atoms. The Labute approximate surface area is 368 Å². The van der Waals surface area contributed by atoms with E-state index >= 15 is 0 Å². The van der Waals surface area contributed by atoms with Crippen molar-refractivity contribution in [3.05, 3.63) is 0 Å². The minimum absolute atomic E-state index is 0.00505. The Morgan fingerprint density at radius 1 is 0.407 bits per heavy atom. The van der Waals surface area contributed by atoms with Crippen LogP contribution in [0.1, 0.15) is 303 Å². The average Bonchev–Trinajstić information content (AvgIpc) is 3.24. The molecule has 6 nitrogen and oxygen atoms in total. The molecular weight excluding hydrogens is 731 g/mol. The van der Waals surface area contributed by atoms with Gasteiger partial charge in [-0.3, -0.25) is 9.59 Å². The molecule has 0 aromatic rings. The molecule has 3 N–H and O–H groups in total. The fraction of sp³-hybridized carbons (Fsp3) is 0.962. The molecule has 0 fully saturated rings. The maximum atomic E-state index is 12.4. The number of aliphatic hydroxyl groups excluding tert-OH is 2. The first-order valence-corrected chi connectivity index (χ1v) is 26.8. The first-order valence-electron chi connectivity index (χ1n) is 26.8. The summed E-state index contributed by atoms with van der Waals surface area (Å²) in [6.45, 7) is 4.94. The van der Waals surface area contributed by atoms with Crippen LogP contribution in [0.5, 0.6) is 0 Å². The van der Waals surface area contributed by atoms with E-state index in [0.29, 0.717) is 25.9 Å². The quantitative estimate of drug-likeness (QED) is 0.0419. The predicted molar refractivity (Wildman–Crippen MR) is 255 cm³/mol. The molecule has 0 saturated carbocycles. The second kappa shape index (κ2) is 49.5. The zero-order valence-electron chi connectivity index (χ0n) is 40.0. The highest BCUT2D eigenvalue weighted by Crippen LogP contribution is 2.17. The number of unbranched alkanes of at least 4 members (excludes halogenated alkanes) is 39. The van der Waals surface area contributed by atoms with Crippen LogP contribution in [-0.2, 0) is 14.3 Å². The van der Waals surface area contributed by atoms with Crippen molar-refractivity contribution < 1.29 is 24.5 Å². The second-order valence-corrected chi connectivity index (χ2v) is 18.6. The largest absolute Gasteiger partial charge is 0.466 e. The molecule has 2 unspecified atom stereocenters. The lowest BCUT2D eigenvalue weighted by Gasteiger charge is -2.22. The third-order valence-corrected chi connectivity index (χ3v) is 12.7. The van der Waals surface area contributed by atoms with Crippen molar-refractivity contribution in [3.63, 3.8) is 0 Å². The van der Waals surface area contributed by atoms with Crippen molar-refractivity contribution in [1.29, 1.82) is 0 Å². The van der Waals surface area contributed by atoms with Crippen LogP contribution in [0.25, 0.3) is 0 Å². The molecule has 0 bridgehead atoms. The Balaban J connectivity index is 3.43. The van der Waals surface area contributed by atoms with Gasteiger partial charge in [0.2, 0.25) is 5.91 Å². The third-order valence-electron chi connectivity index (χ3n) is 12.7. The molecule has 1 amide bonds. The molecule has 0 aliphatic rings. The first-order chi connectivity index (χ1) is 29.0. The predicted octanol–water partition coefficient (Wildman–Crippen LogP) is 16.0. The van der Waals surface area contributed by atoms with E-state index < -0.39 is 12.1 Å². The summed E-state index contributed by atoms with van der Waals surface area (Å²) in [4.78, 5) is 24.5. The summed E-state index contributed by atoms with van der Waals surface area (Å²) in [5.74, 6) is -0.0534. The SMILES string of the molecule is CCCCCCCCCCCCCCCCCCC(=O)OCCCCCCCCCCCCCCC(=O)NC(CO)C(O)CCCCCCCCCCCCCCCC. The summed E-state index contributed by atoms with van der Waals surface area (Å²) in [7, 11) is 0. The lowest BCUT2D eigenvalue weighted by molar-refractivity contribution is -0.143. The fourth-order valence-corrected chi connectivity index (χ4v) is 8.52. The van der Waals surface area contributed by atoms with Gasteiger partial charge >= 0.3 is 5.97 Å². The Kier molecular flexibility index (Phi) is 48.6. The van der Waals surface area contributed by atoms with Crippen molar-refractivity contribution in [2.75, 3.05) is 13.2 Å². The van der Waals surface area contributed by atoms with Gasteiger partial charge in [0.05, 0.1) is 25.4 Å². The number of ether oxygens (including phenoxy) is 1. The van der Waals surface area contributed by atoms with Gasteiger partial charge in [0.1, 0.15) is 0 Å². The number of carbonyl (C=O) groups excluding carboxylic acids is 2. The maximum Gasteiger partial charge on any atom is 0.305 e. The molecule has 6 heteroatoms. The summed E-state index contributed by atoms with van der Waals surface area (Å²) < 4.78 is 5.47. The number of rotatable bonds is 50. The van der Waals surface area contributed by atoms with Crippen LogP contribution in [0.4, 0.5) is 0 Å².